The van der Waals surface area contributed by atoms with Gasteiger partial charge in [0.1, 0.15) is 11.6 Å². The van der Waals surface area contributed by atoms with Crippen molar-refractivity contribution in [2.24, 2.45) is 0 Å². The summed E-state index contributed by atoms with van der Waals surface area (Å²) in [5.41, 5.74) is 3.53. The molecule has 2 aromatic heterocycles. The fraction of sp³-hybridized carbons (Fsp3) is 0.312. The zero-order valence-electron chi connectivity index (χ0n) is 12.4. The van der Waals surface area contributed by atoms with Crippen LogP contribution in [0.5, 0.6) is 6.01 Å². The maximum absolute atomic E-state index is 5.38. The van der Waals surface area contributed by atoms with Crippen LogP contribution in [-0.2, 0) is 6.42 Å². The number of hydrogen-bond donors (Lipinski definition) is 1. The largest absolute Gasteiger partial charge is 0.464 e. The van der Waals surface area contributed by atoms with E-state index in [2.05, 4.69) is 37.1 Å². The molecule has 0 saturated heterocycles. The van der Waals surface area contributed by atoms with Crippen molar-refractivity contribution in [3.05, 3.63) is 41.6 Å². The molecule has 22 heavy (non-hydrogen) atoms. The summed E-state index contributed by atoms with van der Waals surface area (Å²) in [7, 11) is 0. The van der Waals surface area contributed by atoms with Crippen molar-refractivity contribution in [3.8, 4) is 6.01 Å². The van der Waals surface area contributed by atoms with Crippen molar-refractivity contribution in [1.29, 1.82) is 0 Å². The minimum atomic E-state index is 0.421. The van der Waals surface area contributed by atoms with Gasteiger partial charge in [-0.2, -0.15) is 4.98 Å². The minimum Gasteiger partial charge on any atom is -0.464 e. The Kier molecular flexibility index (Phi) is 3.14. The Balaban J connectivity index is 1.72. The van der Waals surface area contributed by atoms with Crippen molar-refractivity contribution in [2.75, 3.05) is 18.5 Å². The van der Waals surface area contributed by atoms with Gasteiger partial charge in [0.05, 0.1) is 6.61 Å². The highest BCUT2D eigenvalue weighted by atomic mass is 16.5. The third-order valence-corrected chi connectivity index (χ3v) is 3.91. The van der Waals surface area contributed by atoms with Crippen LogP contribution in [0.25, 0.3) is 11.8 Å². The molecular weight excluding hydrogens is 278 g/mol. The first-order valence-electron chi connectivity index (χ1n) is 7.52. The van der Waals surface area contributed by atoms with Gasteiger partial charge in [-0.1, -0.05) is 6.08 Å². The van der Waals surface area contributed by atoms with Gasteiger partial charge in [0.2, 0.25) is 0 Å². The summed E-state index contributed by atoms with van der Waals surface area (Å²) in [6, 6.07) is 0.421. The van der Waals surface area contributed by atoms with Crippen LogP contribution in [-0.4, -0.2) is 32.7 Å². The molecule has 0 radical (unpaired) electrons. The van der Waals surface area contributed by atoms with Crippen LogP contribution in [0, 0.1) is 0 Å². The number of ether oxygens (including phenoxy) is 1. The number of anilines is 1. The lowest BCUT2D eigenvalue weighted by molar-refractivity contribution is 0.313. The fourth-order valence-electron chi connectivity index (χ4n) is 2.90. The van der Waals surface area contributed by atoms with E-state index < -0.39 is 0 Å². The Labute approximate surface area is 128 Å². The van der Waals surface area contributed by atoms with Gasteiger partial charge in [-0.05, 0) is 24.5 Å². The quantitative estimate of drug-likeness (QED) is 0.941. The average Bonchev–Trinajstić information content (AvgIpc) is 3.02. The Morgan fingerprint density at radius 2 is 2.27 bits per heavy atom. The van der Waals surface area contributed by atoms with Crippen molar-refractivity contribution in [2.45, 2.75) is 19.8 Å². The van der Waals surface area contributed by atoms with E-state index >= 15 is 0 Å². The first-order valence-corrected chi connectivity index (χ1v) is 7.52. The topological polar surface area (TPSA) is 64.9 Å². The summed E-state index contributed by atoms with van der Waals surface area (Å²) in [5.74, 6) is 1.95. The molecule has 1 N–H and O–H groups in total. The number of imidazole rings is 1. The predicted molar refractivity (Wildman–Crippen MR) is 84.5 cm³/mol. The molecule has 4 rings (SSSR count). The zero-order valence-corrected chi connectivity index (χ0v) is 12.4. The number of rotatable bonds is 3. The van der Waals surface area contributed by atoms with Crippen LogP contribution in [0.4, 0.5) is 5.82 Å². The van der Waals surface area contributed by atoms with Crippen LogP contribution in [0.3, 0.4) is 0 Å². The first kappa shape index (κ1) is 13.1. The van der Waals surface area contributed by atoms with Gasteiger partial charge in [0.25, 0.3) is 0 Å². The van der Waals surface area contributed by atoms with Crippen molar-refractivity contribution < 1.29 is 4.74 Å². The highest BCUT2D eigenvalue weighted by Gasteiger charge is 2.21. The van der Waals surface area contributed by atoms with E-state index in [1.165, 1.54) is 11.1 Å². The lowest BCUT2D eigenvalue weighted by atomic mass is 9.93. The van der Waals surface area contributed by atoms with Crippen molar-refractivity contribution >= 4 is 17.6 Å². The van der Waals surface area contributed by atoms with Crippen LogP contribution >= 0.6 is 0 Å². The molecule has 2 aliphatic heterocycles. The molecular formula is C16H17N5O. The Bertz CT molecular complexity index is 775. The number of fused-ring (bicyclic) bond motifs is 2. The smallest absolute Gasteiger partial charge is 0.318 e. The predicted octanol–water partition coefficient (Wildman–Crippen LogP) is 2.37. The second-order valence-electron chi connectivity index (χ2n) is 5.25. The van der Waals surface area contributed by atoms with Crippen LogP contribution in [0.2, 0.25) is 0 Å². The molecule has 112 valence electrons. The highest BCUT2D eigenvalue weighted by Crippen LogP contribution is 2.35. The molecule has 0 bridgehead atoms. The third kappa shape index (κ3) is 2.16. The van der Waals surface area contributed by atoms with Crippen LogP contribution in [0.1, 0.15) is 24.7 Å². The summed E-state index contributed by atoms with van der Waals surface area (Å²) in [4.78, 5) is 13.1. The molecule has 0 spiro atoms. The number of allylic oxidation sites excluding steroid dienone is 2. The number of hydrogen-bond acceptors (Lipinski definition) is 5. The molecule has 6 nitrogen and oxygen atoms in total. The van der Waals surface area contributed by atoms with E-state index in [9.17, 15) is 0 Å². The molecule has 0 aromatic carbocycles. The van der Waals surface area contributed by atoms with Gasteiger partial charge < -0.3 is 14.6 Å². The SMILES string of the molecule is CCOc1ncc2c(n1)NCC=C2C1=Cn2ccnc2CC1. The molecule has 0 aliphatic carbocycles. The standard InChI is InChI=1S/C16H17N5O/c1-2-22-16-19-9-13-12(5-6-18-15(13)20-16)11-3-4-14-17-7-8-21(14)10-11/h5,7-10H,2-4,6H2,1H3,(H,18,19,20). The van der Waals surface area contributed by atoms with E-state index in [1.54, 1.807) is 0 Å². The number of nitrogens with zero attached hydrogens (tertiary/aromatic N) is 4. The van der Waals surface area contributed by atoms with E-state index in [0.29, 0.717) is 12.6 Å². The Morgan fingerprint density at radius 1 is 1.32 bits per heavy atom. The highest BCUT2D eigenvalue weighted by molar-refractivity contribution is 5.88. The Morgan fingerprint density at radius 3 is 3.18 bits per heavy atom. The van der Waals surface area contributed by atoms with Crippen molar-refractivity contribution in [3.63, 3.8) is 0 Å². The van der Waals surface area contributed by atoms with Gasteiger partial charge in [-0.3, -0.25) is 0 Å². The van der Waals surface area contributed by atoms with Gasteiger partial charge in [-0.25, -0.2) is 9.97 Å². The van der Waals surface area contributed by atoms with Gasteiger partial charge in [0, 0.05) is 43.3 Å². The summed E-state index contributed by atoms with van der Waals surface area (Å²) < 4.78 is 7.47. The second kappa shape index (κ2) is 5.29. The van der Waals surface area contributed by atoms with Gasteiger partial charge in [0.15, 0.2) is 0 Å². The molecule has 4 heterocycles. The van der Waals surface area contributed by atoms with E-state index in [0.717, 1.165) is 36.6 Å². The molecule has 2 aliphatic rings. The first-order chi connectivity index (χ1) is 10.8. The zero-order chi connectivity index (χ0) is 14.9. The van der Waals surface area contributed by atoms with Crippen molar-refractivity contribution in [1.82, 2.24) is 19.5 Å². The molecule has 6 heteroatoms. The normalized spacial score (nSPS) is 16.0. The van der Waals surface area contributed by atoms with E-state index in [-0.39, 0.29) is 0 Å². The molecule has 0 atom stereocenters. The van der Waals surface area contributed by atoms with E-state index in [1.807, 2.05) is 25.5 Å². The summed E-state index contributed by atoms with van der Waals surface area (Å²) in [5, 5.41) is 3.29. The summed E-state index contributed by atoms with van der Waals surface area (Å²) in [6.45, 7) is 3.26. The molecule has 0 unspecified atom stereocenters. The molecule has 0 amide bonds. The average molecular weight is 295 g/mol. The Hall–Kier alpha value is -2.63. The minimum absolute atomic E-state index is 0.421. The maximum Gasteiger partial charge on any atom is 0.318 e. The van der Waals surface area contributed by atoms with Crippen LogP contribution in [0.15, 0.2) is 30.2 Å². The van der Waals surface area contributed by atoms with Gasteiger partial charge >= 0.3 is 6.01 Å². The van der Waals surface area contributed by atoms with Crippen LogP contribution < -0.4 is 10.1 Å². The van der Waals surface area contributed by atoms with E-state index in [4.69, 9.17) is 4.74 Å². The number of aryl methyl sites for hydroxylation is 1. The number of nitrogens with one attached hydrogen (secondary N) is 1. The maximum atomic E-state index is 5.38. The molecule has 0 fully saturated rings. The number of aromatic nitrogens is 4. The molecule has 0 saturated carbocycles. The summed E-state index contributed by atoms with van der Waals surface area (Å²) >= 11 is 0. The molecule has 2 aromatic rings. The second-order valence-corrected chi connectivity index (χ2v) is 5.25. The third-order valence-electron chi connectivity index (χ3n) is 3.91. The monoisotopic (exact) mass is 295 g/mol. The fourth-order valence-corrected chi connectivity index (χ4v) is 2.90. The van der Waals surface area contributed by atoms with Gasteiger partial charge in [-0.15, -0.1) is 0 Å². The lowest BCUT2D eigenvalue weighted by Gasteiger charge is -2.23. The lowest BCUT2D eigenvalue weighted by Crippen LogP contribution is -2.14. The summed E-state index contributed by atoms with van der Waals surface area (Å²) in [6.07, 6.45) is 12.0.